The van der Waals surface area contributed by atoms with Crippen LogP contribution in [-0.4, -0.2) is 20.6 Å². The van der Waals surface area contributed by atoms with Crippen LogP contribution in [0.1, 0.15) is 31.0 Å². The average Bonchev–Trinajstić information content (AvgIpc) is 2.84. The fraction of sp³-hybridized carbons (Fsp3) is 0.500. The molecule has 0 amide bonds. The van der Waals surface area contributed by atoms with Gasteiger partial charge in [0, 0.05) is 25.2 Å². The van der Waals surface area contributed by atoms with Gasteiger partial charge in [-0.1, -0.05) is 0 Å². The van der Waals surface area contributed by atoms with Crippen LogP contribution >= 0.6 is 0 Å². The topological polar surface area (TPSA) is 56.7 Å². The maximum absolute atomic E-state index is 5.96. The highest BCUT2D eigenvalue weighted by molar-refractivity contribution is 5.74. The van der Waals surface area contributed by atoms with E-state index in [9.17, 15) is 0 Å². The largest absolute Gasteiger partial charge is 0.330 e. The van der Waals surface area contributed by atoms with Crippen molar-refractivity contribution in [2.24, 2.45) is 12.8 Å². The van der Waals surface area contributed by atoms with E-state index in [-0.39, 0.29) is 0 Å². The number of nitrogens with zero attached hydrogens (tertiary/aromatic N) is 3. The Hall–Kier alpha value is -1.42. The molecular formula is C12H16N4. The Morgan fingerprint density at radius 2 is 2.31 bits per heavy atom. The zero-order valence-corrected chi connectivity index (χ0v) is 9.43. The van der Waals surface area contributed by atoms with Gasteiger partial charge in [0.05, 0.1) is 17.2 Å². The Kier molecular flexibility index (Phi) is 2.17. The number of hydrogen-bond donors (Lipinski definition) is 1. The number of aryl methyl sites for hydroxylation is 1. The molecule has 0 spiro atoms. The van der Waals surface area contributed by atoms with Crippen LogP contribution in [0.5, 0.6) is 0 Å². The van der Waals surface area contributed by atoms with Crippen molar-refractivity contribution in [2.75, 3.05) is 0 Å². The molecule has 1 saturated carbocycles. The minimum atomic E-state index is 0.350. The Balaban J connectivity index is 2.07. The van der Waals surface area contributed by atoms with E-state index in [1.165, 1.54) is 0 Å². The molecule has 0 saturated heterocycles. The normalized spacial score (nSPS) is 25.4. The van der Waals surface area contributed by atoms with E-state index < -0.39 is 0 Å². The summed E-state index contributed by atoms with van der Waals surface area (Å²) >= 11 is 0. The van der Waals surface area contributed by atoms with E-state index in [0.717, 1.165) is 36.1 Å². The van der Waals surface area contributed by atoms with Crippen LogP contribution in [0.2, 0.25) is 0 Å². The first-order chi connectivity index (χ1) is 7.75. The van der Waals surface area contributed by atoms with Crippen molar-refractivity contribution in [1.29, 1.82) is 0 Å². The molecule has 1 fully saturated rings. The van der Waals surface area contributed by atoms with Crippen molar-refractivity contribution >= 4 is 11.0 Å². The lowest BCUT2D eigenvalue weighted by Crippen LogP contribution is -2.15. The summed E-state index contributed by atoms with van der Waals surface area (Å²) < 4.78 is 2.16. The summed E-state index contributed by atoms with van der Waals surface area (Å²) in [5.41, 5.74) is 8.10. The van der Waals surface area contributed by atoms with Crippen molar-refractivity contribution in [3.8, 4) is 0 Å². The molecule has 0 aromatic carbocycles. The van der Waals surface area contributed by atoms with Crippen LogP contribution in [0.3, 0.4) is 0 Å². The highest BCUT2D eigenvalue weighted by Crippen LogP contribution is 2.33. The van der Waals surface area contributed by atoms with E-state index >= 15 is 0 Å². The van der Waals surface area contributed by atoms with Crippen LogP contribution in [-0.2, 0) is 7.05 Å². The molecule has 2 N–H and O–H groups in total. The van der Waals surface area contributed by atoms with Gasteiger partial charge in [-0.2, -0.15) is 0 Å². The second-order valence-corrected chi connectivity index (χ2v) is 4.66. The highest BCUT2D eigenvalue weighted by Gasteiger charge is 2.26. The minimum Gasteiger partial charge on any atom is -0.330 e. The molecule has 1 aliphatic rings. The Bertz CT molecular complexity index is 517. The maximum atomic E-state index is 5.96. The number of aromatic nitrogens is 3. The first-order valence-electron chi connectivity index (χ1n) is 5.77. The SMILES string of the molecule is Cn1c([C@@H]2CC[C@H](N)C2)nc2ccncc21. The van der Waals surface area contributed by atoms with Crippen LogP contribution in [0.15, 0.2) is 18.5 Å². The van der Waals surface area contributed by atoms with Gasteiger partial charge < -0.3 is 10.3 Å². The smallest absolute Gasteiger partial charge is 0.112 e. The molecule has 84 valence electrons. The number of hydrogen-bond acceptors (Lipinski definition) is 3. The molecule has 4 heteroatoms. The molecule has 4 nitrogen and oxygen atoms in total. The van der Waals surface area contributed by atoms with Gasteiger partial charge in [0.15, 0.2) is 0 Å². The van der Waals surface area contributed by atoms with Crippen molar-refractivity contribution in [1.82, 2.24) is 14.5 Å². The van der Waals surface area contributed by atoms with Crippen molar-refractivity contribution in [3.05, 3.63) is 24.3 Å². The number of rotatable bonds is 1. The Morgan fingerprint density at radius 3 is 3.00 bits per heavy atom. The lowest BCUT2D eigenvalue weighted by Gasteiger charge is -2.09. The molecular weight excluding hydrogens is 200 g/mol. The van der Waals surface area contributed by atoms with Crippen LogP contribution in [0.4, 0.5) is 0 Å². The minimum absolute atomic E-state index is 0.350. The third-order valence-corrected chi connectivity index (χ3v) is 3.56. The number of imidazole rings is 1. The Morgan fingerprint density at radius 1 is 1.44 bits per heavy atom. The van der Waals surface area contributed by atoms with Crippen LogP contribution in [0, 0.1) is 0 Å². The zero-order valence-electron chi connectivity index (χ0n) is 9.43. The van der Waals surface area contributed by atoms with Crippen LogP contribution < -0.4 is 5.73 Å². The molecule has 2 aromatic heterocycles. The van der Waals surface area contributed by atoms with E-state index in [1.807, 2.05) is 12.3 Å². The van der Waals surface area contributed by atoms with Gasteiger partial charge in [-0.25, -0.2) is 4.98 Å². The molecule has 2 atom stereocenters. The van der Waals surface area contributed by atoms with Gasteiger partial charge in [-0.05, 0) is 25.3 Å². The molecule has 0 unspecified atom stereocenters. The summed E-state index contributed by atoms with van der Waals surface area (Å²) in [5, 5.41) is 0. The van der Waals surface area contributed by atoms with Crippen molar-refractivity contribution in [2.45, 2.75) is 31.2 Å². The van der Waals surface area contributed by atoms with E-state index in [0.29, 0.717) is 12.0 Å². The van der Waals surface area contributed by atoms with Crippen molar-refractivity contribution in [3.63, 3.8) is 0 Å². The molecule has 2 aromatic rings. The summed E-state index contributed by atoms with van der Waals surface area (Å²) in [5.74, 6) is 1.68. The molecule has 3 rings (SSSR count). The summed E-state index contributed by atoms with van der Waals surface area (Å²) in [6, 6.07) is 2.32. The number of fused-ring (bicyclic) bond motifs is 1. The van der Waals surface area contributed by atoms with Gasteiger partial charge in [0.25, 0.3) is 0 Å². The third kappa shape index (κ3) is 1.41. The standard InChI is InChI=1S/C12H16N4/c1-16-11-7-14-5-4-10(11)15-12(16)8-2-3-9(13)6-8/h4-5,7-9H,2-3,6,13H2,1H3/t8-,9+/m1/s1. The third-order valence-electron chi connectivity index (χ3n) is 3.56. The molecule has 0 aliphatic heterocycles. The van der Waals surface area contributed by atoms with Crippen molar-refractivity contribution < 1.29 is 0 Å². The molecule has 0 bridgehead atoms. The average molecular weight is 216 g/mol. The van der Waals surface area contributed by atoms with Gasteiger partial charge in [0.1, 0.15) is 5.82 Å². The highest BCUT2D eigenvalue weighted by atomic mass is 15.1. The monoisotopic (exact) mass is 216 g/mol. The summed E-state index contributed by atoms with van der Waals surface area (Å²) in [6.45, 7) is 0. The van der Waals surface area contributed by atoms with Gasteiger partial charge in [0.2, 0.25) is 0 Å². The zero-order chi connectivity index (χ0) is 11.1. The summed E-state index contributed by atoms with van der Waals surface area (Å²) in [7, 11) is 2.07. The molecule has 2 heterocycles. The van der Waals surface area contributed by atoms with Gasteiger partial charge >= 0.3 is 0 Å². The fourth-order valence-electron chi connectivity index (χ4n) is 2.67. The van der Waals surface area contributed by atoms with Gasteiger partial charge in [-0.15, -0.1) is 0 Å². The maximum Gasteiger partial charge on any atom is 0.112 e. The molecule has 16 heavy (non-hydrogen) atoms. The second kappa shape index (κ2) is 3.56. The first-order valence-corrected chi connectivity index (χ1v) is 5.77. The first kappa shape index (κ1) is 9.78. The summed E-state index contributed by atoms with van der Waals surface area (Å²) in [6.07, 6.45) is 7.00. The second-order valence-electron chi connectivity index (χ2n) is 4.66. The molecule has 1 aliphatic carbocycles. The van der Waals surface area contributed by atoms with Gasteiger partial charge in [-0.3, -0.25) is 4.98 Å². The quantitative estimate of drug-likeness (QED) is 0.787. The fourth-order valence-corrected chi connectivity index (χ4v) is 2.67. The van der Waals surface area contributed by atoms with Crippen LogP contribution in [0.25, 0.3) is 11.0 Å². The van der Waals surface area contributed by atoms with E-state index in [2.05, 4.69) is 16.6 Å². The number of pyridine rings is 1. The summed E-state index contributed by atoms with van der Waals surface area (Å²) in [4.78, 5) is 8.84. The Labute approximate surface area is 94.5 Å². The van der Waals surface area contributed by atoms with E-state index in [1.54, 1.807) is 6.20 Å². The predicted octanol–water partition coefficient (Wildman–Crippen LogP) is 1.56. The lowest BCUT2D eigenvalue weighted by atomic mass is 10.1. The molecule has 0 radical (unpaired) electrons. The predicted molar refractivity (Wildman–Crippen MR) is 63.1 cm³/mol. The lowest BCUT2D eigenvalue weighted by molar-refractivity contribution is 0.621. The van der Waals surface area contributed by atoms with E-state index in [4.69, 9.17) is 10.7 Å². The number of nitrogens with two attached hydrogens (primary N) is 1.